The summed E-state index contributed by atoms with van der Waals surface area (Å²) in [5, 5.41) is 0. The maximum Gasteiger partial charge on any atom is 0.00533 e. The molecule has 0 aliphatic carbocycles. The quantitative estimate of drug-likeness (QED) is 0.668. The van der Waals surface area contributed by atoms with Crippen LogP contribution >= 0.6 is 11.3 Å². The van der Waals surface area contributed by atoms with Crippen LogP contribution in [0.1, 0.15) is 43.4 Å². The van der Waals surface area contributed by atoms with E-state index in [4.69, 9.17) is 0 Å². The molecule has 0 aromatic carbocycles. The molecule has 0 bridgehead atoms. The van der Waals surface area contributed by atoms with Crippen molar-refractivity contribution in [2.45, 2.75) is 47.0 Å². The minimum Gasteiger partial charge on any atom is -0.146 e. The van der Waals surface area contributed by atoms with Crippen molar-refractivity contribution in [2.75, 3.05) is 0 Å². The molecule has 74 valence electrons. The Balaban J connectivity index is 2.57. The van der Waals surface area contributed by atoms with Crippen LogP contribution < -0.4 is 0 Å². The molecule has 0 aliphatic rings. The SMILES string of the molecule is CCCC(C)(C)Cc1ccc(C)s1. The Morgan fingerprint density at radius 2 is 2.00 bits per heavy atom. The molecule has 13 heavy (non-hydrogen) atoms. The molecule has 0 nitrogen and oxygen atoms in total. The monoisotopic (exact) mass is 196 g/mol. The van der Waals surface area contributed by atoms with Crippen LogP contribution in [0.4, 0.5) is 0 Å². The van der Waals surface area contributed by atoms with Gasteiger partial charge in [0.2, 0.25) is 0 Å². The topological polar surface area (TPSA) is 0 Å². The van der Waals surface area contributed by atoms with Crippen molar-refractivity contribution in [1.82, 2.24) is 0 Å². The largest absolute Gasteiger partial charge is 0.146 e. The Labute approximate surface area is 86.0 Å². The second-order valence-electron chi connectivity index (χ2n) is 4.60. The lowest BCUT2D eigenvalue weighted by Gasteiger charge is -2.22. The zero-order valence-electron chi connectivity index (χ0n) is 9.18. The van der Waals surface area contributed by atoms with Gasteiger partial charge in [-0.05, 0) is 37.3 Å². The lowest BCUT2D eigenvalue weighted by Crippen LogP contribution is -2.13. The van der Waals surface area contributed by atoms with E-state index in [9.17, 15) is 0 Å². The summed E-state index contributed by atoms with van der Waals surface area (Å²) in [6.07, 6.45) is 3.85. The van der Waals surface area contributed by atoms with E-state index in [-0.39, 0.29) is 0 Å². The van der Waals surface area contributed by atoms with Crippen molar-refractivity contribution < 1.29 is 0 Å². The van der Waals surface area contributed by atoms with Gasteiger partial charge in [0.15, 0.2) is 0 Å². The molecule has 0 saturated heterocycles. The van der Waals surface area contributed by atoms with Crippen LogP contribution in [-0.2, 0) is 6.42 Å². The van der Waals surface area contributed by atoms with Gasteiger partial charge in [-0.1, -0.05) is 27.2 Å². The Bertz CT molecular complexity index is 258. The first kappa shape index (κ1) is 10.8. The molecule has 0 saturated carbocycles. The summed E-state index contributed by atoms with van der Waals surface area (Å²) >= 11 is 1.94. The molecule has 1 aromatic rings. The highest BCUT2D eigenvalue weighted by Crippen LogP contribution is 2.30. The summed E-state index contributed by atoms with van der Waals surface area (Å²) in [4.78, 5) is 2.97. The summed E-state index contributed by atoms with van der Waals surface area (Å²) in [5.41, 5.74) is 0.478. The van der Waals surface area contributed by atoms with Gasteiger partial charge in [-0.3, -0.25) is 0 Å². The average Bonchev–Trinajstić information content (AvgIpc) is 2.34. The second-order valence-corrected chi connectivity index (χ2v) is 5.98. The predicted molar refractivity (Wildman–Crippen MR) is 61.4 cm³/mol. The molecule has 0 amide bonds. The van der Waals surface area contributed by atoms with Crippen LogP contribution in [0.25, 0.3) is 0 Å². The molecule has 1 rings (SSSR count). The van der Waals surface area contributed by atoms with E-state index in [0.717, 1.165) is 0 Å². The predicted octanol–water partition coefficient (Wildman–Crippen LogP) is 4.43. The number of aryl methyl sites for hydroxylation is 1. The van der Waals surface area contributed by atoms with Crippen molar-refractivity contribution in [3.8, 4) is 0 Å². The van der Waals surface area contributed by atoms with Gasteiger partial charge in [0, 0.05) is 9.75 Å². The molecule has 1 heteroatoms. The third-order valence-corrected chi connectivity index (χ3v) is 3.38. The molecule has 0 N–H and O–H groups in total. The van der Waals surface area contributed by atoms with Gasteiger partial charge in [0.05, 0.1) is 0 Å². The molecule has 0 aliphatic heterocycles. The molecule has 0 radical (unpaired) electrons. The van der Waals surface area contributed by atoms with E-state index >= 15 is 0 Å². The van der Waals surface area contributed by atoms with Crippen LogP contribution in [0.2, 0.25) is 0 Å². The standard InChI is InChI=1S/C12H20S/c1-5-8-12(3,4)9-11-7-6-10(2)13-11/h6-7H,5,8-9H2,1-4H3. The maximum absolute atomic E-state index is 2.37. The van der Waals surface area contributed by atoms with Crippen LogP contribution in [0.5, 0.6) is 0 Å². The second kappa shape index (κ2) is 4.28. The van der Waals surface area contributed by atoms with E-state index in [2.05, 4.69) is 39.8 Å². The number of hydrogen-bond acceptors (Lipinski definition) is 1. The van der Waals surface area contributed by atoms with Crippen LogP contribution in [0.15, 0.2) is 12.1 Å². The van der Waals surface area contributed by atoms with Crippen LogP contribution in [-0.4, -0.2) is 0 Å². The van der Waals surface area contributed by atoms with E-state index in [1.165, 1.54) is 29.0 Å². The van der Waals surface area contributed by atoms with Gasteiger partial charge in [-0.2, -0.15) is 0 Å². The third-order valence-electron chi connectivity index (χ3n) is 2.38. The fourth-order valence-corrected chi connectivity index (χ4v) is 2.97. The first-order chi connectivity index (χ1) is 6.03. The first-order valence-corrected chi connectivity index (χ1v) is 5.90. The zero-order valence-corrected chi connectivity index (χ0v) is 10.0. The Morgan fingerprint density at radius 1 is 1.31 bits per heavy atom. The van der Waals surface area contributed by atoms with Crippen molar-refractivity contribution in [3.63, 3.8) is 0 Å². The van der Waals surface area contributed by atoms with E-state index in [1.807, 2.05) is 11.3 Å². The number of hydrogen-bond donors (Lipinski definition) is 0. The Morgan fingerprint density at radius 3 is 2.46 bits per heavy atom. The summed E-state index contributed by atoms with van der Waals surface area (Å²) in [7, 11) is 0. The van der Waals surface area contributed by atoms with Gasteiger partial charge < -0.3 is 0 Å². The average molecular weight is 196 g/mol. The van der Waals surface area contributed by atoms with E-state index < -0.39 is 0 Å². The van der Waals surface area contributed by atoms with Gasteiger partial charge >= 0.3 is 0 Å². The number of thiophene rings is 1. The summed E-state index contributed by atoms with van der Waals surface area (Å²) in [6.45, 7) is 9.18. The smallest absolute Gasteiger partial charge is 0.00533 e. The van der Waals surface area contributed by atoms with Crippen molar-refractivity contribution in [2.24, 2.45) is 5.41 Å². The van der Waals surface area contributed by atoms with E-state index in [1.54, 1.807) is 0 Å². The molecule has 0 spiro atoms. The maximum atomic E-state index is 2.37. The highest BCUT2D eigenvalue weighted by molar-refractivity contribution is 7.11. The lowest BCUT2D eigenvalue weighted by atomic mass is 9.84. The minimum atomic E-state index is 0.478. The fourth-order valence-electron chi connectivity index (χ4n) is 1.82. The van der Waals surface area contributed by atoms with Gasteiger partial charge in [-0.15, -0.1) is 11.3 Å². The molecule has 0 fully saturated rings. The van der Waals surface area contributed by atoms with Crippen LogP contribution in [0, 0.1) is 12.3 Å². The molecular weight excluding hydrogens is 176 g/mol. The highest BCUT2D eigenvalue weighted by Gasteiger charge is 2.17. The third kappa shape index (κ3) is 3.51. The lowest BCUT2D eigenvalue weighted by molar-refractivity contribution is 0.331. The minimum absolute atomic E-state index is 0.478. The first-order valence-electron chi connectivity index (χ1n) is 5.09. The summed E-state index contributed by atoms with van der Waals surface area (Å²) < 4.78 is 0. The van der Waals surface area contributed by atoms with Crippen molar-refractivity contribution >= 4 is 11.3 Å². The van der Waals surface area contributed by atoms with E-state index in [0.29, 0.717) is 5.41 Å². The highest BCUT2D eigenvalue weighted by atomic mass is 32.1. The molecule has 1 heterocycles. The molecular formula is C12H20S. The summed E-state index contributed by atoms with van der Waals surface area (Å²) in [6, 6.07) is 4.50. The van der Waals surface area contributed by atoms with Crippen LogP contribution in [0.3, 0.4) is 0 Å². The summed E-state index contributed by atoms with van der Waals surface area (Å²) in [5.74, 6) is 0. The van der Waals surface area contributed by atoms with Crippen molar-refractivity contribution in [1.29, 1.82) is 0 Å². The number of rotatable bonds is 4. The van der Waals surface area contributed by atoms with Gasteiger partial charge in [-0.25, -0.2) is 0 Å². The molecule has 0 unspecified atom stereocenters. The Kier molecular flexibility index (Phi) is 3.55. The molecule has 1 aromatic heterocycles. The normalized spacial score (nSPS) is 12.0. The van der Waals surface area contributed by atoms with Crippen molar-refractivity contribution in [3.05, 3.63) is 21.9 Å². The zero-order chi connectivity index (χ0) is 9.90. The van der Waals surface area contributed by atoms with Gasteiger partial charge in [0.1, 0.15) is 0 Å². The van der Waals surface area contributed by atoms with Gasteiger partial charge in [0.25, 0.3) is 0 Å². The Hall–Kier alpha value is -0.300. The molecule has 0 atom stereocenters. The fraction of sp³-hybridized carbons (Fsp3) is 0.667.